The van der Waals surface area contributed by atoms with Gasteiger partial charge in [-0.1, -0.05) is 74.0 Å². The second-order valence-corrected chi connectivity index (χ2v) is 8.43. The molecule has 2 fully saturated rings. The van der Waals surface area contributed by atoms with E-state index in [-0.39, 0.29) is 5.78 Å². The van der Waals surface area contributed by atoms with E-state index in [9.17, 15) is 14.4 Å². The molecule has 2 bridgehead atoms. The number of ether oxygens (including phenoxy) is 1. The Morgan fingerprint density at radius 3 is 1.86 bits per heavy atom. The minimum absolute atomic E-state index is 0.00967. The van der Waals surface area contributed by atoms with Gasteiger partial charge < -0.3 is 4.74 Å². The van der Waals surface area contributed by atoms with Gasteiger partial charge in [-0.25, -0.2) is 0 Å². The van der Waals surface area contributed by atoms with E-state index in [1.165, 1.54) is 0 Å². The van der Waals surface area contributed by atoms with Crippen LogP contribution < -0.4 is 0 Å². The van der Waals surface area contributed by atoms with E-state index in [4.69, 9.17) is 4.74 Å². The molecule has 29 heavy (non-hydrogen) atoms. The smallest absolute Gasteiger partial charge is 0.318 e. The second kappa shape index (κ2) is 5.99. The van der Waals surface area contributed by atoms with Gasteiger partial charge in [-0.05, 0) is 35.6 Å². The van der Waals surface area contributed by atoms with E-state index in [1.807, 2.05) is 74.5 Å². The van der Waals surface area contributed by atoms with E-state index in [2.05, 4.69) is 0 Å². The van der Waals surface area contributed by atoms with Crippen molar-refractivity contribution in [2.24, 2.45) is 22.7 Å². The van der Waals surface area contributed by atoms with Crippen molar-refractivity contribution in [1.82, 2.24) is 0 Å². The molecule has 0 N–H and O–H groups in total. The minimum Gasteiger partial charge on any atom is -0.393 e. The molecule has 1 heterocycles. The van der Waals surface area contributed by atoms with Gasteiger partial charge in [-0.2, -0.15) is 0 Å². The third-order valence-corrected chi connectivity index (χ3v) is 7.06. The summed E-state index contributed by atoms with van der Waals surface area (Å²) in [6, 6.07) is 19.6. The monoisotopic (exact) mass is 386 g/mol. The van der Waals surface area contributed by atoms with Crippen molar-refractivity contribution < 1.29 is 19.1 Å². The van der Waals surface area contributed by atoms with Gasteiger partial charge in [-0.3, -0.25) is 14.4 Å². The molecular weight excluding hydrogens is 364 g/mol. The van der Waals surface area contributed by atoms with Crippen LogP contribution in [0.2, 0.25) is 0 Å². The molecule has 2 aromatic carbocycles. The van der Waals surface area contributed by atoms with Crippen LogP contribution in [-0.4, -0.2) is 17.7 Å². The lowest BCUT2D eigenvalue weighted by Crippen LogP contribution is -2.37. The average molecular weight is 386 g/mol. The molecule has 0 unspecified atom stereocenters. The summed E-state index contributed by atoms with van der Waals surface area (Å²) in [5, 5.41) is 0. The van der Waals surface area contributed by atoms with Crippen molar-refractivity contribution in [2.75, 3.05) is 0 Å². The Labute approximate surface area is 169 Å². The van der Waals surface area contributed by atoms with Crippen LogP contribution in [-0.2, 0) is 19.1 Å². The molecule has 5 rings (SSSR count). The molecule has 1 saturated heterocycles. The molecule has 4 atom stereocenters. The van der Waals surface area contributed by atoms with Gasteiger partial charge in [0, 0.05) is 0 Å². The number of benzene rings is 2. The number of rotatable bonds is 4. The summed E-state index contributed by atoms with van der Waals surface area (Å²) in [6.07, 6.45) is 1.25. The first-order valence-corrected chi connectivity index (χ1v) is 10.1. The number of carbonyl (C=O) groups is 3. The predicted octanol–water partition coefficient (Wildman–Crippen LogP) is 4.30. The average Bonchev–Trinajstić information content (AvgIpc) is 3.22. The zero-order valence-corrected chi connectivity index (χ0v) is 16.5. The molecule has 0 radical (unpaired) electrons. The Kier molecular flexibility index (Phi) is 3.73. The number of esters is 2. The summed E-state index contributed by atoms with van der Waals surface area (Å²) in [5.74, 6) is -2.61. The Morgan fingerprint density at radius 1 is 0.793 bits per heavy atom. The molecule has 0 spiro atoms. The molecule has 0 aromatic heterocycles. The van der Waals surface area contributed by atoms with Crippen LogP contribution in [0.25, 0.3) is 11.1 Å². The third-order valence-electron chi connectivity index (χ3n) is 7.06. The summed E-state index contributed by atoms with van der Waals surface area (Å²) >= 11 is 0. The molecule has 3 aliphatic rings. The molecule has 2 aliphatic carbocycles. The lowest BCUT2D eigenvalue weighted by Gasteiger charge is -2.36. The fraction of sp³-hybridized carbons (Fsp3) is 0.320. The molecule has 4 nitrogen and oxygen atoms in total. The van der Waals surface area contributed by atoms with Crippen molar-refractivity contribution in [3.8, 4) is 0 Å². The number of carbonyl (C=O) groups excluding carboxylic acids is 3. The van der Waals surface area contributed by atoms with Crippen molar-refractivity contribution in [3.05, 3.63) is 71.8 Å². The summed E-state index contributed by atoms with van der Waals surface area (Å²) < 4.78 is 5.11. The zero-order chi connectivity index (χ0) is 20.4. The van der Waals surface area contributed by atoms with Crippen LogP contribution in [0.3, 0.4) is 0 Å². The Hall–Kier alpha value is -3.01. The van der Waals surface area contributed by atoms with Crippen molar-refractivity contribution >= 4 is 28.9 Å². The van der Waals surface area contributed by atoms with E-state index >= 15 is 0 Å². The minimum atomic E-state index is -1.07. The van der Waals surface area contributed by atoms with Crippen LogP contribution in [0.1, 0.15) is 37.8 Å². The fourth-order valence-corrected chi connectivity index (χ4v) is 6.16. The largest absolute Gasteiger partial charge is 0.393 e. The Bertz CT molecular complexity index is 1070. The molecule has 0 amide bonds. The van der Waals surface area contributed by atoms with E-state index in [1.54, 1.807) is 0 Å². The van der Waals surface area contributed by atoms with Crippen LogP contribution in [0.15, 0.2) is 60.7 Å². The van der Waals surface area contributed by atoms with Gasteiger partial charge in [-0.15, -0.1) is 0 Å². The topological polar surface area (TPSA) is 60.4 Å². The highest BCUT2D eigenvalue weighted by Crippen LogP contribution is 2.74. The lowest BCUT2D eigenvalue weighted by molar-refractivity contribution is -0.157. The van der Waals surface area contributed by atoms with E-state index in [0.29, 0.717) is 6.42 Å². The summed E-state index contributed by atoms with van der Waals surface area (Å²) in [7, 11) is 0. The lowest BCUT2D eigenvalue weighted by atomic mass is 9.61. The molecule has 1 aliphatic heterocycles. The maximum atomic E-state index is 14.1. The number of hydrogen-bond donors (Lipinski definition) is 0. The summed E-state index contributed by atoms with van der Waals surface area (Å²) in [4.78, 5) is 39.7. The first-order valence-electron chi connectivity index (χ1n) is 10.1. The number of hydrogen-bond acceptors (Lipinski definition) is 4. The first kappa shape index (κ1) is 18.0. The van der Waals surface area contributed by atoms with Crippen molar-refractivity contribution in [2.45, 2.75) is 26.7 Å². The van der Waals surface area contributed by atoms with E-state index in [0.717, 1.165) is 28.7 Å². The highest BCUT2D eigenvalue weighted by molar-refractivity contribution is 6.28. The fourth-order valence-electron chi connectivity index (χ4n) is 6.16. The number of allylic oxidation sites excluding steroid dienone is 2. The van der Waals surface area contributed by atoms with Crippen molar-refractivity contribution in [3.63, 3.8) is 0 Å². The van der Waals surface area contributed by atoms with Gasteiger partial charge in [0.25, 0.3) is 0 Å². The van der Waals surface area contributed by atoms with Gasteiger partial charge in [0.1, 0.15) is 0 Å². The quantitative estimate of drug-likeness (QED) is 0.581. The first-order chi connectivity index (χ1) is 14.0. The Balaban J connectivity index is 1.92. The maximum Gasteiger partial charge on any atom is 0.318 e. The molecule has 2 aromatic rings. The van der Waals surface area contributed by atoms with Crippen LogP contribution in [0.5, 0.6) is 0 Å². The van der Waals surface area contributed by atoms with Crippen LogP contribution in [0, 0.1) is 22.7 Å². The molecule has 4 heteroatoms. The van der Waals surface area contributed by atoms with E-state index < -0.39 is 34.6 Å². The number of fused-ring (bicyclic) bond motifs is 5. The molecular formula is C25H22O4. The SMILES string of the molecule is CCC[C@@]12C(=O)[C@@](C)(C(c3ccccc3)=C1c1ccccc1)[C@H]1C(=O)OC(=O)[C@@H]12. The normalized spacial score (nSPS) is 32.7. The van der Waals surface area contributed by atoms with Gasteiger partial charge in [0.15, 0.2) is 5.78 Å². The van der Waals surface area contributed by atoms with Crippen molar-refractivity contribution in [1.29, 1.82) is 0 Å². The van der Waals surface area contributed by atoms with Gasteiger partial charge in [0.05, 0.1) is 22.7 Å². The second-order valence-electron chi connectivity index (χ2n) is 8.43. The number of cyclic esters (lactones) is 2. The summed E-state index contributed by atoms with van der Waals surface area (Å²) in [5.41, 5.74) is 1.52. The number of Topliss-reactive ketones (excluding diaryl/α,β-unsaturated/α-hetero) is 1. The molecule has 1 saturated carbocycles. The molecule has 146 valence electrons. The third kappa shape index (κ3) is 2.01. The van der Waals surface area contributed by atoms with Crippen LogP contribution >= 0.6 is 0 Å². The predicted molar refractivity (Wildman–Crippen MR) is 108 cm³/mol. The zero-order valence-electron chi connectivity index (χ0n) is 16.5. The maximum absolute atomic E-state index is 14.1. The highest BCUT2D eigenvalue weighted by atomic mass is 16.6. The highest BCUT2D eigenvalue weighted by Gasteiger charge is 2.79. The van der Waals surface area contributed by atoms with Gasteiger partial charge in [0.2, 0.25) is 0 Å². The van der Waals surface area contributed by atoms with Crippen LogP contribution in [0.4, 0.5) is 0 Å². The Morgan fingerprint density at radius 2 is 1.31 bits per heavy atom. The number of ketones is 1. The standard InChI is InChI=1S/C25H22O4/c1-3-14-25-18(16-12-8-5-9-13-16)17(15-10-6-4-7-11-15)24(2,23(25)28)19-20(25)22(27)29-21(19)26/h4-13,19-20H,3,14H2,1-2H3/t19-,20-,24+,25-/m1/s1. The summed E-state index contributed by atoms with van der Waals surface area (Å²) in [6.45, 7) is 3.85. The van der Waals surface area contributed by atoms with Gasteiger partial charge >= 0.3 is 11.9 Å².